The van der Waals surface area contributed by atoms with Crippen LogP contribution < -0.4 is 10.9 Å². The van der Waals surface area contributed by atoms with Crippen molar-refractivity contribution in [2.45, 2.75) is 13.5 Å². The van der Waals surface area contributed by atoms with Gasteiger partial charge in [0.25, 0.3) is 11.5 Å². The highest BCUT2D eigenvalue weighted by atomic mass is 19.1. The van der Waals surface area contributed by atoms with Crippen molar-refractivity contribution in [1.29, 1.82) is 0 Å². The largest absolute Gasteiger partial charge is 0.322 e. The summed E-state index contributed by atoms with van der Waals surface area (Å²) < 4.78 is 15.5. The second-order valence-electron chi connectivity index (χ2n) is 6.73. The summed E-state index contributed by atoms with van der Waals surface area (Å²) in [5.41, 5.74) is 1.71. The Bertz CT molecular complexity index is 1280. The van der Waals surface area contributed by atoms with Gasteiger partial charge < -0.3 is 5.32 Å². The topological polar surface area (TPSA) is 64.0 Å². The van der Waals surface area contributed by atoms with E-state index >= 15 is 0 Å². The predicted octanol–water partition coefficient (Wildman–Crippen LogP) is 4.14. The Morgan fingerprint density at radius 3 is 2.62 bits per heavy atom. The first-order valence-corrected chi connectivity index (χ1v) is 9.13. The van der Waals surface area contributed by atoms with Gasteiger partial charge in [0.2, 0.25) is 0 Å². The van der Waals surface area contributed by atoms with E-state index in [1.165, 1.54) is 16.7 Å². The van der Waals surface area contributed by atoms with Crippen LogP contribution in [0.1, 0.15) is 21.5 Å². The molecule has 0 radical (unpaired) electrons. The standard InChI is InChI=1S/C23H18FN3O2/c1-15-7-2-5-11-20(15)26-22(28)18-13-16-9-6-12-25-21(16)27(23(18)29)14-17-8-3-4-10-19(17)24/h2-13H,14H2,1H3,(H,26,28). The van der Waals surface area contributed by atoms with Crippen molar-refractivity contribution in [2.75, 3.05) is 5.32 Å². The van der Waals surface area contributed by atoms with Gasteiger partial charge in [-0.25, -0.2) is 9.37 Å². The number of anilines is 1. The number of nitrogens with one attached hydrogen (secondary N) is 1. The second kappa shape index (κ2) is 7.67. The van der Waals surface area contributed by atoms with Crippen LogP contribution in [0.2, 0.25) is 0 Å². The summed E-state index contributed by atoms with van der Waals surface area (Å²) >= 11 is 0. The van der Waals surface area contributed by atoms with Crippen LogP contribution in [-0.4, -0.2) is 15.5 Å². The zero-order valence-corrected chi connectivity index (χ0v) is 15.7. The molecule has 0 aliphatic carbocycles. The van der Waals surface area contributed by atoms with E-state index in [4.69, 9.17) is 0 Å². The van der Waals surface area contributed by atoms with Crippen LogP contribution >= 0.6 is 0 Å². The summed E-state index contributed by atoms with van der Waals surface area (Å²) in [5.74, 6) is -0.935. The van der Waals surface area contributed by atoms with Gasteiger partial charge in [-0.1, -0.05) is 36.4 Å². The molecular formula is C23H18FN3O2. The number of amides is 1. The minimum absolute atomic E-state index is 0.0231. The zero-order chi connectivity index (χ0) is 20.4. The molecule has 0 spiro atoms. The molecule has 2 heterocycles. The maximum atomic E-state index is 14.2. The fourth-order valence-electron chi connectivity index (χ4n) is 3.22. The first-order chi connectivity index (χ1) is 14.0. The Hall–Kier alpha value is -3.80. The summed E-state index contributed by atoms with van der Waals surface area (Å²) in [6.07, 6.45) is 1.56. The number of benzene rings is 2. The SMILES string of the molecule is Cc1ccccc1NC(=O)c1cc2cccnc2n(Cc2ccccc2F)c1=O. The number of carbonyl (C=O) groups is 1. The van der Waals surface area contributed by atoms with Crippen molar-refractivity contribution in [3.8, 4) is 0 Å². The monoisotopic (exact) mass is 387 g/mol. The van der Waals surface area contributed by atoms with Gasteiger partial charge in [-0.2, -0.15) is 0 Å². The van der Waals surface area contributed by atoms with Crippen LogP contribution in [-0.2, 0) is 6.54 Å². The molecule has 0 saturated heterocycles. The molecule has 0 saturated carbocycles. The average Bonchev–Trinajstić information content (AvgIpc) is 2.73. The molecule has 1 amide bonds. The van der Waals surface area contributed by atoms with Crippen molar-refractivity contribution in [2.24, 2.45) is 0 Å². The van der Waals surface area contributed by atoms with Crippen molar-refractivity contribution in [1.82, 2.24) is 9.55 Å². The van der Waals surface area contributed by atoms with Gasteiger partial charge in [0.1, 0.15) is 17.0 Å². The Labute approximate surface area is 166 Å². The van der Waals surface area contributed by atoms with E-state index in [0.29, 0.717) is 22.3 Å². The fourth-order valence-corrected chi connectivity index (χ4v) is 3.22. The van der Waals surface area contributed by atoms with Crippen molar-refractivity contribution in [3.63, 3.8) is 0 Å². The third-order valence-electron chi connectivity index (χ3n) is 4.77. The van der Waals surface area contributed by atoms with E-state index in [0.717, 1.165) is 5.56 Å². The molecule has 5 nitrogen and oxygen atoms in total. The van der Waals surface area contributed by atoms with Gasteiger partial charge in [-0.3, -0.25) is 14.2 Å². The predicted molar refractivity (Wildman–Crippen MR) is 111 cm³/mol. The van der Waals surface area contributed by atoms with E-state index < -0.39 is 17.3 Å². The molecule has 6 heteroatoms. The lowest BCUT2D eigenvalue weighted by atomic mass is 10.1. The summed E-state index contributed by atoms with van der Waals surface area (Å²) in [6.45, 7) is 1.85. The summed E-state index contributed by atoms with van der Waals surface area (Å²) in [5, 5.41) is 3.41. The lowest BCUT2D eigenvalue weighted by molar-refractivity contribution is 0.102. The molecule has 0 aliphatic rings. The van der Waals surface area contributed by atoms with E-state index in [1.54, 1.807) is 42.6 Å². The van der Waals surface area contributed by atoms with Crippen LogP contribution in [0.5, 0.6) is 0 Å². The molecule has 0 bridgehead atoms. The number of para-hydroxylation sites is 1. The lowest BCUT2D eigenvalue weighted by Gasteiger charge is -2.13. The maximum Gasteiger partial charge on any atom is 0.265 e. The van der Waals surface area contributed by atoms with Gasteiger partial charge in [0.05, 0.1) is 6.54 Å². The van der Waals surface area contributed by atoms with E-state index in [1.807, 2.05) is 25.1 Å². The number of hydrogen-bond acceptors (Lipinski definition) is 3. The van der Waals surface area contributed by atoms with E-state index in [2.05, 4.69) is 10.3 Å². The second-order valence-corrected chi connectivity index (χ2v) is 6.73. The van der Waals surface area contributed by atoms with Crippen LogP contribution in [0.25, 0.3) is 11.0 Å². The van der Waals surface area contributed by atoms with Gasteiger partial charge in [-0.15, -0.1) is 0 Å². The molecule has 2 aromatic heterocycles. The van der Waals surface area contributed by atoms with E-state index in [-0.39, 0.29) is 12.1 Å². The first-order valence-electron chi connectivity index (χ1n) is 9.13. The van der Waals surface area contributed by atoms with Crippen molar-refractivity contribution in [3.05, 3.63) is 106 Å². The third-order valence-corrected chi connectivity index (χ3v) is 4.77. The number of aryl methyl sites for hydroxylation is 1. The Morgan fingerprint density at radius 2 is 1.83 bits per heavy atom. The van der Waals surface area contributed by atoms with Crippen LogP contribution in [0, 0.1) is 12.7 Å². The Kier molecular flexibility index (Phi) is 4.91. The number of aromatic nitrogens is 2. The number of hydrogen-bond donors (Lipinski definition) is 1. The molecule has 0 aliphatic heterocycles. The van der Waals surface area contributed by atoms with Crippen LogP contribution in [0.4, 0.5) is 10.1 Å². The fraction of sp³-hybridized carbons (Fsp3) is 0.0870. The lowest BCUT2D eigenvalue weighted by Crippen LogP contribution is -2.30. The molecule has 4 aromatic rings. The molecule has 1 N–H and O–H groups in total. The molecule has 144 valence electrons. The van der Waals surface area contributed by atoms with Gasteiger partial charge in [0.15, 0.2) is 0 Å². The molecular weight excluding hydrogens is 369 g/mol. The molecule has 29 heavy (non-hydrogen) atoms. The van der Waals surface area contributed by atoms with E-state index in [9.17, 15) is 14.0 Å². The first kappa shape index (κ1) is 18.6. The third kappa shape index (κ3) is 3.65. The molecule has 0 unspecified atom stereocenters. The van der Waals surface area contributed by atoms with Gasteiger partial charge >= 0.3 is 0 Å². The Morgan fingerprint density at radius 1 is 1.07 bits per heavy atom. The van der Waals surface area contributed by atoms with Crippen LogP contribution in [0.3, 0.4) is 0 Å². The molecule has 4 rings (SSSR count). The number of fused-ring (bicyclic) bond motifs is 1. The molecule has 0 fully saturated rings. The highest BCUT2D eigenvalue weighted by Gasteiger charge is 2.18. The summed E-state index contributed by atoms with van der Waals surface area (Å²) in [6, 6.07) is 18.6. The maximum absolute atomic E-state index is 14.2. The Balaban J connectivity index is 1.82. The zero-order valence-electron chi connectivity index (χ0n) is 15.7. The number of nitrogens with zero attached hydrogens (tertiary/aromatic N) is 2. The molecule has 0 atom stereocenters. The highest BCUT2D eigenvalue weighted by molar-refractivity contribution is 6.05. The number of carbonyl (C=O) groups excluding carboxylic acids is 1. The molecule has 2 aromatic carbocycles. The number of rotatable bonds is 4. The van der Waals surface area contributed by atoms with Gasteiger partial charge in [-0.05, 0) is 42.8 Å². The average molecular weight is 387 g/mol. The van der Waals surface area contributed by atoms with Crippen molar-refractivity contribution < 1.29 is 9.18 Å². The van der Waals surface area contributed by atoms with Gasteiger partial charge in [0, 0.05) is 22.8 Å². The number of halogens is 1. The minimum Gasteiger partial charge on any atom is -0.322 e. The van der Waals surface area contributed by atoms with Crippen LogP contribution in [0.15, 0.2) is 77.7 Å². The quantitative estimate of drug-likeness (QED) is 0.572. The normalized spacial score (nSPS) is 10.8. The highest BCUT2D eigenvalue weighted by Crippen LogP contribution is 2.17. The number of pyridine rings is 2. The smallest absolute Gasteiger partial charge is 0.265 e. The summed E-state index contributed by atoms with van der Waals surface area (Å²) in [7, 11) is 0. The van der Waals surface area contributed by atoms with Crippen molar-refractivity contribution >= 4 is 22.6 Å². The minimum atomic E-state index is -0.523. The summed E-state index contributed by atoms with van der Waals surface area (Å²) in [4.78, 5) is 30.3.